The lowest BCUT2D eigenvalue weighted by Crippen LogP contribution is -2.49. The summed E-state index contributed by atoms with van der Waals surface area (Å²) in [6.45, 7) is 10.3. The second-order valence-electron chi connectivity index (χ2n) is 7.10. The Kier molecular flexibility index (Phi) is 6.66. The lowest BCUT2D eigenvalue weighted by atomic mass is 9.79. The number of hydrogen-bond donors (Lipinski definition) is 2. The molecule has 2 amide bonds. The molecule has 2 atom stereocenters. The molecule has 1 aromatic heterocycles. The van der Waals surface area contributed by atoms with E-state index in [-0.39, 0.29) is 12.1 Å². The summed E-state index contributed by atoms with van der Waals surface area (Å²) in [5, 5.41) is 10.7. The molecule has 1 fully saturated rings. The molecule has 0 unspecified atom stereocenters. The molecule has 2 N–H and O–H groups in total. The number of ether oxygens (including phenoxy) is 1. The minimum absolute atomic E-state index is 0.0796. The van der Waals surface area contributed by atoms with E-state index in [2.05, 4.69) is 29.6 Å². The highest BCUT2D eigenvalue weighted by atomic mass is 16.5. The molecule has 1 aromatic rings. The van der Waals surface area contributed by atoms with E-state index in [4.69, 9.17) is 4.74 Å². The maximum Gasteiger partial charge on any atom is 0.315 e. The first-order valence-electron chi connectivity index (χ1n) is 9.00. The molecule has 1 aliphatic carbocycles. The number of methoxy groups -OCH3 is 1. The zero-order valence-electron chi connectivity index (χ0n) is 15.7. The topological polar surface area (TPSA) is 68.2 Å². The van der Waals surface area contributed by atoms with Crippen molar-refractivity contribution >= 4 is 6.03 Å². The summed E-state index contributed by atoms with van der Waals surface area (Å²) in [5.41, 5.74) is 3.14. The molecule has 0 spiro atoms. The van der Waals surface area contributed by atoms with Gasteiger partial charge in [0, 0.05) is 31.0 Å². The monoisotopic (exact) mass is 336 g/mol. The zero-order chi connectivity index (χ0) is 17.7. The van der Waals surface area contributed by atoms with Crippen molar-refractivity contribution < 1.29 is 9.53 Å². The molecule has 0 aromatic carbocycles. The lowest BCUT2D eigenvalue weighted by molar-refractivity contribution is 0.182. The molecule has 1 saturated carbocycles. The molecule has 0 radical (unpaired) electrons. The molecular formula is C18H32N4O2. The molecule has 136 valence electrons. The van der Waals surface area contributed by atoms with Gasteiger partial charge in [-0.15, -0.1) is 0 Å². The van der Waals surface area contributed by atoms with Crippen LogP contribution in [0.3, 0.4) is 0 Å². The van der Waals surface area contributed by atoms with Crippen LogP contribution in [0, 0.1) is 25.7 Å². The molecule has 24 heavy (non-hydrogen) atoms. The third-order valence-corrected chi connectivity index (χ3v) is 5.31. The van der Waals surface area contributed by atoms with Crippen molar-refractivity contribution in [3.05, 3.63) is 17.0 Å². The zero-order valence-corrected chi connectivity index (χ0v) is 15.7. The van der Waals surface area contributed by atoms with Gasteiger partial charge in [0.05, 0.1) is 18.8 Å². The van der Waals surface area contributed by atoms with Crippen LogP contribution in [0.5, 0.6) is 0 Å². The Morgan fingerprint density at radius 3 is 2.58 bits per heavy atom. The minimum atomic E-state index is -0.0796. The maximum absolute atomic E-state index is 12.3. The van der Waals surface area contributed by atoms with Crippen molar-refractivity contribution in [2.45, 2.75) is 66.1 Å². The number of aryl methyl sites for hydroxylation is 1. The summed E-state index contributed by atoms with van der Waals surface area (Å²) in [4.78, 5) is 12.3. The van der Waals surface area contributed by atoms with Gasteiger partial charge in [-0.25, -0.2) is 4.79 Å². The maximum atomic E-state index is 12.3. The number of amides is 2. The molecular weight excluding hydrogens is 304 g/mol. The molecule has 0 aliphatic heterocycles. The first-order valence-corrected chi connectivity index (χ1v) is 9.00. The van der Waals surface area contributed by atoms with Crippen LogP contribution in [0.4, 0.5) is 4.79 Å². The molecule has 6 nitrogen and oxygen atoms in total. The van der Waals surface area contributed by atoms with Crippen LogP contribution in [0.1, 0.15) is 50.1 Å². The van der Waals surface area contributed by atoms with Crippen molar-refractivity contribution in [1.82, 2.24) is 20.4 Å². The largest absolute Gasteiger partial charge is 0.383 e. The van der Waals surface area contributed by atoms with Crippen molar-refractivity contribution in [2.75, 3.05) is 13.7 Å². The predicted octanol–water partition coefficient (Wildman–Crippen LogP) is 2.77. The van der Waals surface area contributed by atoms with Gasteiger partial charge in [-0.2, -0.15) is 5.10 Å². The fourth-order valence-corrected chi connectivity index (χ4v) is 3.72. The smallest absolute Gasteiger partial charge is 0.315 e. The van der Waals surface area contributed by atoms with Crippen LogP contribution in [0.2, 0.25) is 0 Å². The SMILES string of the molecule is COCCn1nc(C)c(CNC(=O)NC2[C@H](C)CCC[C@H]2C)c1C. The Labute approximate surface area is 145 Å². The van der Waals surface area contributed by atoms with Gasteiger partial charge in [-0.3, -0.25) is 4.68 Å². The van der Waals surface area contributed by atoms with E-state index in [9.17, 15) is 4.79 Å². The average Bonchev–Trinajstić information content (AvgIpc) is 2.81. The van der Waals surface area contributed by atoms with Gasteiger partial charge in [0.15, 0.2) is 0 Å². The number of aromatic nitrogens is 2. The Morgan fingerprint density at radius 1 is 1.29 bits per heavy atom. The van der Waals surface area contributed by atoms with Crippen LogP contribution < -0.4 is 10.6 Å². The fourth-order valence-electron chi connectivity index (χ4n) is 3.72. The molecule has 1 heterocycles. The standard InChI is InChI=1S/C18H32N4O2/c1-12-7-6-8-13(2)17(12)20-18(23)19-11-16-14(3)21-22(15(16)4)9-10-24-5/h12-13,17H,6-11H2,1-5H3,(H2,19,20,23)/t12-,13-/m1/s1. The van der Waals surface area contributed by atoms with Crippen molar-refractivity contribution in [3.8, 4) is 0 Å². The minimum Gasteiger partial charge on any atom is -0.383 e. The fraction of sp³-hybridized carbons (Fsp3) is 0.778. The van der Waals surface area contributed by atoms with E-state index >= 15 is 0 Å². The van der Waals surface area contributed by atoms with E-state index in [1.54, 1.807) is 7.11 Å². The highest BCUT2D eigenvalue weighted by Crippen LogP contribution is 2.28. The highest BCUT2D eigenvalue weighted by Gasteiger charge is 2.28. The second kappa shape index (κ2) is 8.51. The summed E-state index contributed by atoms with van der Waals surface area (Å²) in [5.74, 6) is 1.08. The second-order valence-corrected chi connectivity index (χ2v) is 7.10. The average molecular weight is 336 g/mol. The molecule has 1 aliphatic rings. The summed E-state index contributed by atoms with van der Waals surface area (Å²) >= 11 is 0. The van der Waals surface area contributed by atoms with Gasteiger partial charge in [-0.05, 0) is 38.5 Å². The van der Waals surface area contributed by atoms with Crippen molar-refractivity contribution in [2.24, 2.45) is 11.8 Å². The Bertz CT molecular complexity index is 545. The predicted molar refractivity (Wildman–Crippen MR) is 94.9 cm³/mol. The Balaban J connectivity index is 1.90. The Hall–Kier alpha value is -1.56. The van der Waals surface area contributed by atoms with Gasteiger partial charge < -0.3 is 15.4 Å². The van der Waals surface area contributed by atoms with Gasteiger partial charge >= 0.3 is 6.03 Å². The first kappa shape index (κ1) is 18.8. The number of urea groups is 1. The van der Waals surface area contributed by atoms with Gasteiger partial charge in [0.2, 0.25) is 0 Å². The summed E-state index contributed by atoms with van der Waals surface area (Å²) < 4.78 is 7.06. The molecule has 0 saturated heterocycles. The number of rotatable bonds is 6. The van der Waals surface area contributed by atoms with Crippen molar-refractivity contribution in [3.63, 3.8) is 0 Å². The first-order chi connectivity index (χ1) is 11.4. The van der Waals surface area contributed by atoms with Crippen molar-refractivity contribution in [1.29, 1.82) is 0 Å². The van der Waals surface area contributed by atoms with Gasteiger partial charge in [0.1, 0.15) is 0 Å². The summed E-state index contributed by atoms with van der Waals surface area (Å²) in [7, 11) is 1.69. The number of nitrogens with zero attached hydrogens (tertiary/aromatic N) is 2. The number of nitrogens with one attached hydrogen (secondary N) is 2. The molecule has 2 rings (SSSR count). The normalized spacial score (nSPS) is 21.7. The number of carbonyl (C=O) groups is 1. The van der Waals surface area contributed by atoms with E-state index in [0.717, 1.165) is 23.5 Å². The van der Waals surface area contributed by atoms with Crippen LogP contribution in [0.15, 0.2) is 0 Å². The lowest BCUT2D eigenvalue weighted by Gasteiger charge is -2.35. The summed E-state index contributed by atoms with van der Waals surface area (Å²) in [6, 6.07) is 0.189. The van der Waals surface area contributed by atoms with E-state index in [1.807, 2.05) is 18.5 Å². The van der Waals surface area contributed by atoms with Crippen LogP contribution in [-0.4, -0.2) is 35.6 Å². The summed E-state index contributed by atoms with van der Waals surface area (Å²) in [6.07, 6.45) is 3.65. The quantitative estimate of drug-likeness (QED) is 0.839. The number of hydrogen-bond acceptors (Lipinski definition) is 3. The van der Waals surface area contributed by atoms with Gasteiger partial charge in [0.25, 0.3) is 0 Å². The van der Waals surface area contributed by atoms with Crippen LogP contribution in [-0.2, 0) is 17.8 Å². The number of carbonyl (C=O) groups excluding carboxylic acids is 1. The van der Waals surface area contributed by atoms with Gasteiger partial charge in [-0.1, -0.05) is 20.3 Å². The van der Waals surface area contributed by atoms with Crippen LogP contribution >= 0.6 is 0 Å². The third kappa shape index (κ3) is 4.50. The highest BCUT2D eigenvalue weighted by molar-refractivity contribution is 5.74. The molecule has 0 bridgehead atoms. The van der Waals surface area contributed by atoms with E-state index in [1.165, 1.54) is 19.3 Å². The third-order valence-electron chi connectivity index (χ3n) is 5.31. The van der Waals surface area contributed by atoms with E-state index < -0.39 is 0 Å². The van der Waals surface area contributed by atoms with E-state index in [0.29, 0.717) is 25.0 Å². The Morgan fingerprint density at radius 2 is 1.96 bits per heavy atom. The molecule has 6 heteroatoms. The van der Waals surface area contributed by atoms with Crippen LogP contribution in [0.25, 0.3) is 0 Å².